The van der Waals surface area contributed by atoms with Gasteiger partial charge in [-0.3, -0.25) is 0 Å². The van der Waals surface area contributed by atoms with Crippen LogP contribution in [0.15, 0.2) is 4.52 Å². The van der Waals surface area contributed by atoms with Gasteiger partial charge in [0.2, 0.25) is 5.89 Å². The predicted molar refractivity (Wildman–Crippen MR) is 57.7 cm³/mol. The van der Waals surface area contributed by atoms with Crippen LogP contribution in [-0.4, -0.2) is 36.6 Å². The number of hydrogen-bond acceptors (Lipinski definition) is 6. The molecule has 0 radical (unpaired) electrons. The van der Waals surface area contributed by atoms with Gasteiger partial charge >= 0.3 is 0 Å². The summed E-state index contributed by atoms with van der Waals surface area (Å²) in [5, 5.41) is 3.85. The smallest absolute Gasteiger partial charge is 0.227 e. The van der Waals surface area contributed by atoms with Crippen molar-refractivity contribution < 1.29 is 12.9 Å². The van der Waals surface area contributed by atoms with Gasteiger partial charge in [0.1, 0.15) is 0 Å². The van der Waals surface area contributed by atoms with Crippen LogP contribution in [0.2, 0.25) is 0 Å². The average molecular weight is 245 g/mol. The Hall–Kier alpha value is -0.950. The van der Waals surface area contributed by atoms with E-state index < -0.39 is 15.3 Å². The molecule has 0 amide bonds. The minimum absolute atomic E-state index is 0.0988. The van der Waals surface area contributed by atoms with Gasteiger partial charge in [-0.25, -0.2) is 8.42 Å². The molecule has 0 spiro atoms. The number of aromatic nitrogens is 2. The topological polar surface area (TPSA) is 99.1 Å². The van der Waals surface area contributed by atoms with Crippen molar-refractivity contribution in [3.63, 3.8) is 0 Å². The number of hydrogen-bond donors (Lipinski definition) is 1. The van der Waals surface area contributed by atoms with Crippen molar-refractivity contribution in [3.05, 3.63) is 11.7 Å². The van der Waals surface area contributed by atoms with E-state index in [9.17, 15) is 8.42 Å². The summed E-state index contributed by atoms with van der Waals surface area (Å²) in [7, 11) is -2.95. The number of nitrogens with two attached hydrogens (primary N) is 1. The number of nitrogens with zero attached hydrogens (tertiary/aromatic N) is 2. The second-order valence-electron chi connectivity index (χ2n) is 4.45. The summed E-state index contributed by atoms with van der Waals surface area (Å²) >= 11 is 0. The quantitative estimate of drug-likeness (QED) is 0.781. The number of rotatable bonds is 3. The normalized spacial score (nSPS) is 28.4. The van der Waals surface area contributed by atoms with Crippen molar-refractivity contribution in [2.75, 3.05) is 18.1 Å². The van der Waals surface area contributed by atoms with Gasteiger partial charge in [-0.15, -0.1) is 0 Å². The molecular weight excluding hydrogens is 230 g/mol. The van der Waals surface area contributed by atoms with Crippen molar-refractivity contribution in [2.24, 2.45) is 5.73 Å². The van der Waals surface area contributed by atoms with Gasteiger partial charge in [-0.2, -0.15) is 4.98 Å². The average Bonchev–Trinajstić information content (AvgIpc) is 2.73. The maximum atomic E-state index is 11.4. The third-order valence-electron chi connectivity index (χ3n) is 2.87. The second-order valence-corrected chi connectivity index (χ2v) is 6.64. The second kappa shape index (κ2) is 3.81. The lowest BCUT2D eigenvalue weighted by molar-refractivity contribution is 0.361. The van der Waals surface area contributed by atoms with Crippen molar-refractivity contribution in [1.82, 2.24) is 10.1 Å². The van der Waals surface area contributed by atoms with Crippen molar-refractivity contribution in [2.45, 2.75) is 25.2 Å². The fourth-order valence-electron chi connectivity index (χ4n) is 1.91. The fourth-order valence-corrected chi connectivity index (χ4v) is 4.06. The summed E-state index contributed by atoms with van der Waals surface area (Å²) in [6, 6.07) is 0. The zero-order valence-corrected chi connectivity index (χ0v) is 9.96. The lowest BCUT2D eigenvalue weighted by Crippen LogP contribution is -2.25. The zero-order valence-electron chi connectivity index (χ0n) is 9.14. The Bertz CT molecular complexity index is 482. The van der Waals surface area contributed by atoms with E-state index in [-0.39, 0.29) is 11.5 Å². The third-order valence-corrected chi connectivity index (χ3v) is 4.77. The van der Waals surface area contributed by atoms with Gasteiger partial charge in [0.15, 0.2) is 15.7 Å². The highest BCUT2D eigenvalue weighted by atomic mass is 32.2. The first-order chi connectivity index (χ1) is 7.45. The molecule has 7 heteroatoms. The molecule has 6 nitrogen and oxygen atoms in total. The van der Waals surface area contributed by atoms with Gasteiger partial charge < -0.3 is 10.3 Å². The molecule has 1 aromatic rings. The molecule has 0 aliphatic carbocycles. The number of sulfone groups is 1. The molecule has 1 aliphatic rings. The predicted octanol–water partition coefficient (Wildman–Crippen LogP) is -0.353. The molecule has 2 rings (SSSR count). The summed E-state index contributed by atoms with van der Waals surface area (Å²) in [6.45, 7) is 2.30. The molecule has 1 aliphatic heterocycles. The van der Waals surface area contributed by atoms with Crippen LogP contribution in [0.1, 0.15) is 25.1 Å². The molecule has 2 N–H and O–H groups in total. The molecule has 0 bridgehead atoms. The zero-order chi connectivity index (χ0) is 11.8. The Morgan fingerprint density at radius 2 is 2.31 bits per heavy atom. The van der Waals surface area contributed by atoms with Crippen LogP contribution in [0, 0.1) is 0 Å². The first kappa shape index (κ1) is 11.5. The molecule has 0 aromatic carbocycles. The van der Waals surface area contributed by atoms with E-state index in [1.807, 2.05) is 6.92 Å². The van der Waals surface area contributed by atoms with Crippen LogP contribution in [0.3, 0.4) is 0 Å². The van der Waals surface area contributed by atoms with Crippen LogP contribution in [0.5, 0.6) is 0 Å². The summed E-state index contributed by atoms with van der Waals surface area (Å²) < 4.78 is 27.9. The van der Waals surface area contributed by atoms with Gasteiger partial charge in [-0.05, 0) is 6.42 Å². The lowest BCUT2D eigenvalue weighted by atomic mass is 9.89. The monoisotopic (exact) mass is 245 g/mol. The standard InChI is InChI=1S/C9H15N3O3S/c1-9(3-5-16(13,14)6-9)8-11-7(2-4-10)15-12-8/h2-6,10H2,1H3. The van der Waals surface area contributed by atoms with Crippen molar-refractivity contribution >= 4 is 9.84 Å². The van der Waals surface area contributed by atoms with Gasteiger partial charge in [0.25, 0.3) is 0 Å². The highest BCUT2D eigenvalue weighted by Crippen LogP contribution is 2.33. The Morgan fingerprint density at radius 1 is 1.56 bits per heavy atom. The van der Waals surface area contributed by atoms with E-state index in [1.165, 1.54) is 0 Å². The van der Waals surface area contributed by atoms with E-state index in [4.69, 9.17) is 10.3 Å². The SMILES string of the molecule is CC1(c2noc(CCN)n2)CCS(=O)(=O)C1. The molecule has 1 aromatic heterocycles. The lowest BCUT2D eigenvalue weighted by Gasteiger charge is -2.15. The van der Waals surface area contributed by atoms with E-state index in [0.29, 0.717) is 31.1 Å². The van der Waals surface area contributed by atoms with Crippen LogP contribution < -0.4 is 5.73 Å². The summed E-state index contributed by atoms with van der Waals surface area (Å²) in [4.78, 5) is 4.20. The van der Waals surface area contributed by atoms with Crippen molar-refractivity contribution in [1.29, 1.82) is 0 Å². The van der Waals surface area contributed by atoms with E-state index >= 15 is 0 Å². The summed E-state index contributed by atoms with van der Waals surface area (Å²) in [6.07, 6.45) is 1.08. The largest absolute Gasteiger partial charge is 0.339 e. The molecule has 0 saturated carbocycles. The minimum Gasteiger partial charge on any atom is -0.339 e. The van der Waals surface area contributed by atoms with Crippen LogP contribution in [0.4, 0.5) is 0 Å². The van der Waals surface area contributed by atoms with Crippen LogP contribution >= 0.6 is 0 Å². The molecular formula is C9H15N3O3S. The first-order valence-electron chi connectivity index (χ1n) is 5.19. The summed E-state index contributed by atoms with van der Waals surface area (Å²) in [5.41, 5.74) is 4.87. The Labute approximate surface area is 94.1 Å². The molecule has 2 heterocycles. The maximum Gasteiger partial charge on any atom is 0.227 e. The molecule has 1 unspecified atom stereocenters. The van der Waals surface area contributed by atoms with E-state index in [1.54, 1.807) is 0 Å². The third kappa shape index (κ3) is 2.10. The highest BCUT2D eigenvalue weighted by molar-refractivity contribution is 7.91. The Kier molecular flexibility index (Phi) is 2.75. The highest BCUT2D eigenvalue weighted by Gasteiger charge is 2.43. The fraction of sp³-hybridized carbons (Fsp3) is 0.778. The van der Waals surface area contributed by atoms with Crippen molar-refractivity contribution in [3.8, 4) is 0 Å². The Balaban J connectivity index is 2.23. The molecule has 90 valence electrons. The molecule has 1 atom stereocenters. The maximum absolute atomic E-state index is 11.4. The van der Waals surface area contributed by atoms with Gasteiger partial charge in [0, 0.05) is 18.4 Å². The Morgan fingerprint density at radius 3 is 2.88 bits per heavy atom. The molecule has 16 heavy (non-hydrogen) atoms. The van der Waals surface area contributed by atoms with Gasteiger partial charge in [-0.1, -0.05) is 12.1 Å². The van der Waals surface area contributed by atoms with Crippen LogP contribution in [-0.2, 0) is 21.7 Å². The molecule has 1 saturated heterocycles. The minimum atomic E-state index is -2.95. The van der Waals surface area contributed by atoms with Crippen LogP contribution in [0.25, 0.3) is 0 Å². The van der Waals surface area contributed by atoms with Gasteiger partial charge in [0.05, 0.1) is 11.5 Å². The van der Waals surface area contributed by atoms with E-state index in [2.05, 4.69) is 10.1 Å². The summed E-state index contributed by atoms with van der Waals surface area (Å²) in [5.74, 6) is 1.26. The first-order valence-corrected chi connectivity index (χ1v) is 7.01. The van der Waals surface area contributed by atoms with E-state index in [0.717, 1.165) is 0 Å². The molecule has 1 fully saturated rings.